The van der Waals surface area contributed by atoms with E-state index in [-0.39, 0.29) is 10.6 Å². The summed E-state index contributed by atoms with van der Waals surface area (Å²) < 4.78 is 70.0. The maximum atomic E-state index is 14.3. The van der Waals surface area contributed by atoms with Crippen LogP contribution < -0.4 is 15.7 Å². The predicted octanol–water partition coefficient (Wildman–Crippen LogP) is 4.61. The molecule has 1 aliphatic carbocycles. The topological polar surface area (TPSA) is 83.3 Å². The highest BCUT2D eigenvalue weighted by Gasteiger charge is 2.27. The maximum Gasteiger partial charge on any atom is 0.171 e. The minimum Gasteiger partial charge on any atom is -0.872 e. The Morgan fingerprint density at radius 2 is 1.82 bits per heavy atom. The number of nitrogens with one attached hydrogen (secondary N) is 3. The molecule has 176 valence electrons. The summed E-state index contributed by atoms with van der Waals surface area (Å²) in [6, 6.07) is 3.23. The number of nitrogens with zero attached hydrogens (tertiary/aromatic N) is 1. The highest BCUT2D eigenvalue weighted by molar-refractivity contribution is 6.31. The van der Waals surface area contributed by atoms with Crippen molar-refractivity contribution in [2.75, 3.05) is 5.32 Å². The van der Waals surface area contributed by atoms with Gasteiger partial charge in [0.1, 0.15) is 11.6 Å². The number of fused-ring (bicyclic) bond motifs is 1. The van der Waals surface area contributed by atoms with E-state index in [0.29, 0.717) is 17.1 Å². The second-order valence-electron chi connectivity index (χ2n) is 7.56. The Bertz CT molecular complexity index is 1320. The molecule has 5 nitrogen and oxygen atoms in total. The summed E-state index contributed by atoms with van der Waals surface area (Å²) in [4.78, 5) is 4.14. The largest absolute Gasteiger partial charge is 0.872 e. The Balaban J connectivity index is 1.68. The van der Waals surface area contributed by atoms with Crippen molar-refractivity contribution in [2.24, 2.45) is 4.99 Å². The minimum absolute atomic E-state index is 0.0493. The van der Waals surface area contributed by atoms with Gasteiger partial charge in [-0.3, -0.25) is 4.99 Å². The zero-order chi connectivity index (χ0) is 24.7. The smallest absolute Gasteiger partial charge is 0.171 e. The Morgan fingerprint density at radius 1 is 1.15 bits per heavy atom. The van der Waals surface area contributed by atoms with Crippen LogP contribution in [0, 0.1) is 41.4 Å². The van der Waals surface area contributed by atoms with Crippen molar-refractivity contribution in [3.05, 3.63) is 98.3 Å². The Morgan fingerprint density at radius 3 is 2.47 bits per heavy atom. The van der Waals surface area contributed by atoms with Crippen molar-refractivity contribution in [1.29, 1.82) is 5.41 Å². The zero-order valence-corrected chi connectivity index (χ0v) is 18.1. The lowest BCUT2D eigenvalue weighted by Gasteiger charge is -2.30. The quantitative estimate of drug-likeness (QED) is 0.323. The third kappa shape index (κ3) is 4.16. The lowest BCUT2D eigenvalue weighted by Crippen LogP contribution is -2.31. The molecule has 0 amide bonds. The van der Waals surface area contributed by atoms with Crippen molar-refractivity contribution >= 4 is 29.3 Å². The van der Waals surface area contributed by atoms with Crippen LogP contribution in [0.5, 0.6) is 0 Å². The minimum atomic E-state index is -1.70. The molecule has 1 unspecified atom stereocenters. The number of anilines is 1. The number of allylic oxidation sites excluding steroid dienone is 1. The molecule has 34 heavy (non-hydrogen) atoms. The van der Waals surface area contributed by atoms with E-state index in [4.69, 9.17) is 17.0 Å². The SMILES string of the molecule is Cc1c(F)c(F)c(C(=N)CC2=CC3=C(Nc4ccc(F)c(Cl)c4)NC=NC3C=C2[O-])c(F)c1F. The van der Waals surface area contributed by atoms with Crippen molar-refractivity contribution < 1.29 is 27.1 Å². The molecule has 11 heteroatoms. The van der Waals surface area contributed by atoms with Gasteiger partial charge in [0, 0.05) is 29.0 Å². The van der Waals surface area contributed by atoms with Gasteiger partial charge in [0.2, 0.25) is 0 Å². The lowest BCUT2D eigenvalue weighted by molar-refractivity contribution is -0.298. The van der Waals surface area contributed by atoms with Gasteiger partial charge in [-0.15, -0.1) is 5.76 Å². The average Bonchev–Trinajstić information content (AvgIpc) is 2.80. The average molecular weight is 494 g/mol. The predicted molar refractivity (Wildman–Crippen MR) is 116 cm³/mol. The summed E-state index contributed by atoms with van der Waals surface area (Å²) in [7, 11) is 0. The van der Waals surface area contributed by atoms with Gasteiger partial charge in [0.05, 0.1) is 23.0 Å². The van der Waals surface area contributed by atoms with Gasteiger partial charge in [0.15, 0.2) is 23.3 Å². The molecule has 2 aromatic carbocycles. The van der Waals surface area contributed by atoms with Crippen LogP contribution in [-0.2, 0) is 0 Å². The van der Waals surface area contributed by atoms with Crippen molar-refractivity contribution in [3.8, 4) is 0 Å². The van der Waals surface area contributed by atoms with Gasteiger partial charge in [0.25, 0.3) is 0 Å². The van der Waals surface area contributed by atoms with Crippen LogP contribution in [0.4, 0.5) is 27.6 Å². The van der Waals surface area contributed by atoms with E-state index in [9.17, 15) is 27.1 Å². The summed E-state index contributed by atoms with van der Waals surface area (Å²) in [6.45, 7) is 0.873. The van der Waals surface area contributed by atoms with Gasteiger partial charge in [-0.25, -0.2) is 22.0 Å². The molecule has 0 aromatic heterocycles. The van der Waals surface area contributed by atoms with Crippen molar-refractivity contribution in [3.63, 3.8) is 0 Å². The molecule has 2 aliphatic rings. The van der Waals surface area contributed by atoms with E-state index in [1.165, 1.54) is 30.6 Å². The normalized spacial score (nSPS) is 17.1. The number of rotatable bonds is 5. The molecule has 1 heterocycles. The van der Waals surface area contributed by atoms with E-state index in [1.807, 2.05) is 0 Å². The van der Waals surface area contributed by atoms with Crippen LogP contribution >= 0.6 is 11.6 Å². The van der Waals surface area contributed by atoms with Gasteiger partial charge >= 0.3 is 0 Å². The molecule has 0 spiro atoms. The van der Waals surface area contributed by atoms with Crippen molar-refractivity contribution in [1.82, 2.24) is 5.32 Å². The third-order valence-corrected chi connectivity index (χ3v) is 5.64. The summed E-state index contributed by atoms with van der Waals surface area (Å²) in [5, 5.41) is 26.3. The van der Waals surface area contributed by atoms with Gasteiger partial charge in [-0.1, -0.05) is 17.7 Å². The summed E-state index contributed by atoms with van der Waals surface area (Å²) in [5.74, 6) is -7.42. The number of hydrogen-bond donors (Lipinski definition) is 3. The maximum absolute atomic E-state index is 14.3. The first-order chi connectivity index (χ1) is 16.1. The van der Waals surface area contributed by atoms with Crippen LogP contribution in [-0.4, -0.2) is 18.1 Å². The monoisotopic (exact) mass is 493 g/mol. The van der Waals surface area contributed by atoms with Gasteiger partial charge in [-0.05, 0) is 36.8 Å². The first-order valence-corrected chi connectivity index (χ1v) is 10.2. The Hall–Kier alpha value is -3.66. The van der Waals surface area contributed by atoms with E-state index in [1.54, 1.807) is 0 Å². The molecule has 3 N–H and O–H groups in total. The third-order valence-electron chi connectivity index (χ3n) is 5.35. The second kappa shape index (κ2) is 8.94. The van der Waals surface area contributed by atoms with Crippen LogP contribution in [0.2, 0.25) is 5.02 Å². The molecule has 0 radical (unpaired) electrons. The van der Waals surface area contributed by atoms with E-state index in [2.05, 4.69) is 15.6 Å². The van der Waals surface area contributed by atoms with Gasteiger partial charge < -0.3 is 21.1 Å². The fraction of sp³-hybridized carbons (Fsp3) is 0.130. The highest BCUT2D eigenvalue weighted by Crippen LogP contribution is 2.31. The van der Waals surface area contributed by atoms with E-state index < -0.39 is 64.1 Å². The number of aliphatic imine (C=N–C) groups is 1. The van der Waals surface area contributed by atoms with Crippen molar-refractivity contribution in [2.45, 2.75) is 19.4 Å². The molecular weight excluding hydrogens is 479 g/mol. The van der Waals surface area contributed by atoms with Crippen LogP contribution in [0.25, 0.3) is 0 Å². The molecule has 0 bridgehead atoms. The summed E-state index contributed by atoms with van der Waals surface area (Å²) in [6.07, 6.45) is 3.35. The lowest BCUT2D eigenvalue weighted by atomic mass is 9.90. The number of halogens is 6. The zero-order valence-electron chi connectivity index (χ0n) is 17.4. The molecular formula is C23H15ClF5N4O-. The standard InChI is InChI=1S/C23H16ClF5N4O/c1-9-19(26)21(28)18(22(29)20(9)27)15(30)5-10-4-12-16(7-17(10)34)31-8-32-23(12)33-11-2-3-14(25)13(24)6-11/h2-4,6-8,16,30,33-34H,5H2,1H3,(H,31,32)/p-1. The van der Waals surface area contributed by atoms with Crippen LogP contribution in [0.3, 0.4) is 0 Å². The van der Waals surface area contributed by atoms with Crippen LogP contribution in [0.15, 0.2) is 58.1 Å². The molecule has 1 aliphatic heterocycles. The molecule has 0 fully saturated rings. The number of benzene rings is 2. The first-order valence-electron chi connectivity index (χ1n) is 9.83. The molecule has 4 rings (SSSR count). The Labute approximate surface area is 195 Å². The van der Waals surface area contributed by atoms with E-state index >= 15 is 0 Å². The molecule has 0 saturated carbocycles. The molecule has 1 atom stereocenters. The fourth-order valence-corrected chi connectivity index (χ4v) is 3.72. The Kier molecular flexibility index (Phi) is 6.18. The van der Waals surface area contributed by atoms with E-state index in [0.717, 1.165) is 13.0 Å². The summed E-state index contributed by atoms with van der Waals surface area (Å²) in [5.41, 5.74) is -2.02. The van der Waals surface area contributed by atoms with Gasteiger partial charge in [-0.2, -0.15) is 0 Å². The highest BCUT2D eigenvalue weighted by atomic mass is 35.5. The fourth-order valence-electron chi connectivity index (χ4n) is 3.54. The second-order valence-corrected chi connectivity index (χ2v) is 7.97. The molecule has 2 aromatic rings. The molecule has 0 saturated heterocycles. The summed E-state index contributed by atoms with van der Waals surface area (Å²) >= 11 is 5.81. The number of hydrogen-bond acceptors (Lipinski definition) is 5. The first kappa shape index (κ1) is 23.5. The van der Waals surface area contributed by atoms with Crippen LogP contribution in [0.1, 0.15) is 17.5 Å².